The lowest BCUT2D eigenvalue weighted by atomic mass is 10.1. The first-order valence-corrected chi connectivity index (χ1v) is 8.01. The van der Waals surface area contributed by atoms with E-state index in [-0.39, 0.29) is 9.77 Å². The fraction of sp³-hybridized carbons (Fsp3) is 0.167. The van der Waals surface area contributed by atoms with Gasteiger partial charge in [-0.05, 0) is 36.1 Å². The number of carboxylic acid groups (broad SMARTS) is 1. The molecule has 0 saturated carbocycles. The van der Waals surface area contributed by atoms with Crippen LogP contribution in [0, 0.1) is 0 Å². The van der Waals surface area contributed by atoms with Crippen LogP contribution in [0.3, 0.4) is 0 Å². The zero-order valence-electron chi connectivity index (χ0n) is 10.5. The lowest BCUT2D eigenvalue weighted by molar-refractivity contribution is 0.0698. The van der Waals surface area contributed by atoms with Crippen molar-refractivity contribution in [3.8, 4) is 0 Å². The van der Waals surface area contributed by atoms with Crippen LogP contribution in [0.4, 0.5) is 0 Å². The lowest BCUT2D eigenvalue weighted by Gasteiger charge is -2.14. The van der Waals surface area contributed by atoms with Gasteiger partial charge in [-0.1, -0.05) is 0 Å². The van der Waals surface area contributed by atoms with E-state index in [2.05, 4.69) is 9.71 Å². The fourth-order valence-corrected chi connectivity index (χ4v) is 4.17. The molecule has 1 atom stereocenters. The van der Waals surface area contributed by atoms with E-state index in [4.69, 9.17) is 5.11 Å². The van der Waals surface area contributed by atoms with Gasteiger partial charge in [0.25, 0.3) is 0 Å². The van der Waals surface area contributed by atoms with Crippen LogP contribution in [0.5, 0.6) is 0 Å². The molecule has 2 aromatic rings. The number of pyridine rings is 1. The number of rotatable bonds is 5. The van der Waals surface area contributed by atoms with Gasteiger partial charge in [0, 0.05) is 18.4 Å². The first-order chi connectivity index (χ1) is 9.42. The summed E-state index contributed by atoms with van der Waals surface area (Å²) in [6, 6.07) is 4.19. The highest BCUT2D eigenvalue weighted by molar-refractivity contribution is 7.89. The van der Waals surface area contributed by atoms with E-state index in [0.717, 1.165) is 16.9 Å². The molecule has 2 N–H and O–H groups in total. The molecule has 0 radical (unpaired) electrons. The summed E-state index contributed by atoms with van der Waals surface area (Å²) in [4.78, 5) is 14.4. The van der Waals surface area contributed by atoms with Crippen molar-refractivity contribution < 1.29 is 18.3 Å². The maximum absolute atomic E-state index is 12.2. The Hall–Kier alpha value is -1.77. The Kier molecular flexibility index (Phi) is 4.17. The van der Waals surface area contributed by atoms with Gasteiger partial charge in [0.05, 0.1) is 0 Å². The molecule has 0 spiro atoms. The number of nitrogens with zero attached hydrogens (tertiary/aromatic N) is 1. The van der Waals surface area contributed by atoms with Crippen molar-refractivity contribution in [2.45, 2.75) is 17.9 Å². The monoisotopic (exact) mass is 312 g/mol. The van der Waals surface area contributed by atoms with Crippen molar-refractivity contribution in [3.63, 3.8) is 0 Å². The van der Waals surface area contributed by atoms with E-state index in [0.29, 0.717) is 0 Å². The van der Waals surface area contributed by atoms with Gasteiger partial charge in [-0.15, -0.1) is 11.3 Å². The maximum Gasteiger partial charge on any atom is 0.347 e. The Balaban J connectivity index is 2.28. The van der Waals surface area contributed by atoms with E-state index in [1.54, 1.807) is 31.5 Å². The summed E-state index contributed by atoms with van der Waals surface area (Å²) >= 11 is 0.879. The molecular weight excluding hydrogens is 300 g/mol. The quantitative estimate of drug-likeness (QED) is 0.878. The molecule has 6 nitrogen and oxygen atoms in total. The number of carbonyl (C=O) groups is 1. The van der Waals surface area contributed by atoms with Crippen LogP contribution in [0.15, 0.2) is 40.9 Å². The second-order valence-electron chi connectivity index (χ2n) is 4.04. The Morgan fingerprint density at radius 2 is 2.00 bits per heavy atom. The maximum atomic E-state index is 12.2. The summed E-state index contributed by atoms with van der Waals surface area (Å²) in [5.74, 6) is -1.25. The summed E-state index contributed by atoms with van der Waals surface area (Å²) in [7, 11) is -3.88. The van der Waals surface area contributed by atoms with Crippen LogP contribution in [-0.2, 0) is 10.0 Å². The fourth-order valence-electron chi connectivity index (χ4n) is 1.68. The number of thiophene rings is 1. The standard InChI is InChI=1S/C12H12N2O4S2/c1-8(9-2-5-13-6-3-9)14-20(17,18)10-4-7-19-11(10)12(15)16/h2-8,14H,1H3,(H,15,16)/t8-/m0/s1. The highest BCUT2D eigenvalue weighted by Crippen LogP contribution is 2.23. The molecule has 0 aliphatic carbocycles. The van der Waals surface area contributed by atoms with E-state index >= 15 is 0 Å². The molecule has 0 aliphatic rings. The Morgan fingerprint density at radius 1 is 1.35 bits per heavy atom. The van der Waals surface area contributed by atoms with Gasteiger partial charge in [-0.25, -0.2) is 17.9 Å². The molecule has 8 heteroatoms. The van der Waals surface area contributed by atoms with Crippen LogP contribution < -0.4 is 4.72 Å². The highest BCUT2D eigenvalue weighted by Gasteiger charge is 2.25. The molecule has 0 unspecified atom stereocenters. The summed E-state index contributed by atoms with van der Waals surface area (Å²) in [6.45, 7) is 1.68. The van der Waals surface area contributed by atoms with Crippen molar-refractivity contribution in [2.24, 2.45) is 0 Å². The third-order valence-corrected chi connectivity index (χ3v) is 5.27. The Morgan fingerprint density at radius 3 is 2.60 bits per heavy atom. The summed E-state index contributed by atoms with van der Waals surface area (Å²) in [5.41, 5.74) is 0.746. The number of hydrogen-bond acceptors (Lipinski definition) is 5. The molecule has 106 valence electrons. The minimum Gasteiger partial charge on any atom is -0.477 e. The van der Waals surface area contributed by atoms with Crippen molar-refractivity contribution in [2.75, 3.05) is 0 Å². The smallest absolute Gasteiger partial charge is 0.347 e. The van der Waals surface area contributed by atoms with Gasteiger partial charge in [0.2, 0.25) is 10.0 Å². The van der Waals surface area contributed by atoms with Gasteiger partial charge < -0.3 is 5.11 Å². The molecule has 0 bridgehead atoms. The molecular formula is C12H12N2O4S2. The highest BCUT2D eigenvalue weighted by atomic mass is 32.2. The summed E-state index contributed by atoms with van der Waals surface area (Å²) in [6.07, 6.45) is 3.13. The molecule has 2 rings (SSSR count). The van der Waals surface area contributed by atoms with Crippen LogP contribution in [0.25, 0.3) is 0 Å². The second-order valence-corrected chi connectivity index (χ2v) is 6.64. The van der Waals surface area contributed by atoms with Crippen LogP contribution in [0.2, 0.25) is 0 Å². The molecule has 0 amide bonds. The van der Waals surface area contributed by atoms with Gasteiger partial charge in [0.1, 0.15) is 9.77 Å². The predicted octanol–water partition coefficient (Wildman–Crippen LogP) is 1.88. The third kappa shape index (κ3) is 3.03. The van der Waals surface area contributed by atoms with Crippen molar-refractivity contribution >= 4 is 27.3 Å². The minimum atomic E-state index is -3.88. The van der Waals surface area contributed by atoms with Crippen LogP contribution >= 0.6 is 11.3 Å². The normalized spacial score (nSPS) is 13.1. The van der Waals surface area contributed by atoms with Crippen molar-refractivity contribution in [1.29, 1.82) is 0 Å². The average Bonchev–Trinajstić information content (AvgIpc) is 2.89. The van der Waals surface area contributed by atoms with E-state index in [1.165, 1.54) is 11.4 Å². The molecule has 0 aliphatic heterocycles. The number of aromatic carboxylic acids is 1. The van der Waals surface area contributed by atoms with E-state index < -0.39 is 22.0 Å². The second kappa shape index (κ2) is 5.70. The van der Waals surface area contributed by atoms with Crippen molar-refractivity contribution in [1.82, 2.24) is 9.71 Å². The first kappa shape index (κ1) is 14.6. The predicted molar refractivity (Wildman–Crippen MR) is 74.3 cm³/mol. The minimum absolute atomic E-state index is 0.195. The Bertz CT molecular complexity index is 710. The molecule has 0 aromatic carbocycles. The van der Waals surface area contributed by atoms with Gasteiger partial charge in [-0.3, -0.25) is 4.98 Å². The lowest BCUT2D eigenvalue weighted by Crippen LogP contribution is -2.27. The van der Waals surface area contributed by atoms with Crippen molar-refractivity contribution in [3.05, 3.63) is 46.4 Å². The molecule has 0 fully saturated rings. The van der Waals surface area contributed by atoms with Crippen LogP contribution in [0.1, 0.15) is 28.2 Å². The zero-order chi connectivity index (χ0) is 14.8. The summed E-state index contributed by atoms with van der Waals surface area (Å²) < 4.78 is 26.9. The SMILES string of the molecule is C[C@H](NS(=O)(=O)c1ccsc1C(=O)O)c1ccncc1. The molecule has 0 saturated heterocycles. The van der Waals surface area contributed by atoms with E-state index in [9.17, 15) is 13.2 Å². The number of nitrogens with one attached hydrogen (secondary N) is 1. The first-order valence-electron chi connectivity index (χ1n) is 5.65. The van der Waals surface area contributed by atoms with Gasteiger partial charge in [0.15, 0.2) is 0 Å². The average molecular weight is 312 g/mol. The largest absolute Gasteiger partial charge is 0.477 e. The third-order valence-electron chi connectivity index (χ3n) is 2.65. The Labute approximate surface area is 120 Å². The topological polar surface area (TPSA) is 96.4 Å². The number of hydrogen-bond donors (Lipinski definition) is 2. The number of aromatic nitrogens is 1. The van der Waals surface area contributed by atoms with Crippen LogP contribution in [-0.4, -0.2) is 24.5 Å². The van der Waals surface area contributed by atoms with Gasteiger partial charge in [-0.2, -0.15) is 0 Å². The number of sulfonamides is 1. The number of carboxylic acids is 1. The molecule has 2 aromatic heterocycles. The molecule has 20 heavy (non-hydrogen) atoms. The summed E-state index contributed by atoms with van der Waals surface area (Å²) in [5, 5.41) is 10.4. The van der Waals surface area contributed by atoms with E-state index in [1.807, 2.05) is 0 Å². The molecule has 2 heterocycles. The zero-order valence-corrected chi connectivity index (χ0v) is 12.1. The van der Waals surface area contributed by atoms with Gasteiger partial charge >= 0.3 is 5.97 Å².